The number of ether oxygens (including phenoxy) is 1. The van der Waals surface area contributed by atoms with E-state index in [-0.39, 0.29) is 24.7 Å². The number of hydrazone groups is 1. The molecule has 0 bridgehead atoms. The number of benzene rings is 2. The highest BCUT2D eigenvalue weighted by Crippen LogP contribution is 2.21. The summed E-state index contributed by atoms with van der Waals surface area (Å²) in [5, 5.41) is 7.27. The summed E-state index contributed by atoms with van der Waals surface area (Å²) < 4.78 is 6.09. The minimum atomic E-state index is -0.358. The van der Waals surface area contributed by atoms with E-state index in [1.807, 2.05) is 19.1 Å². The molecule has 0 aliphatic heterocycles. The molecule has 27 heavy (non-hydrogen) atoms. The van der Waals surface area contributed by atoms with Crippen LogP contribution in [0.5, 0.6) is 5.75 Å². The van der Waals surface area contributed by atoms with Gasteiger partial charge in [0, 0.05) is 33.6 Å². The SMILES string of the molecule is COc1ccc(Br)cc1/C=N/NC(=O)CCC(=O)Nc1ccc(Cl)cc1C. The number of hydrogen-bond donors (Lipinski definition) is 2. The molecule has 0 aliphatic carbocycles. The van der Waals surface area contributed by atoms with E-state index in [4.69, 9.17) is 16.3 Å². The number of carbonyl (C=O) groups is 2. The lowest BCUT2D eigenvalue weighted by atomic mass is 10.2. The van der Waals surface area contributed by atoms with Crippen molar-refractivity contribution < 1.29 is 14.3 Å². The molecule has 0 heterocycles. The van der Waals surface area contributed by atoms with Crippen molar-refractivity contribution in [3.05, 3.63) is 57.0 Å². The van der Waals surface area contributed by atoms with Gasteiger partial charge in [-0.25, -0.2) is 5.43 Å². The molecular formula is C19H19BrClN3O3. The zero-order valence-electron chi connectivity index (χ0n) is 14.9. The molecule has 2 aromatic carbocycles. The molecule has 142 valence electrons. The fraction of sp³-hybridized carbons (Fsp3) is 0.211. The smallest absolute Gasteiger partial charge is 0.240 e. The molecule has 0 aliphatic rings. The van der Waals surface area contributed by atoms with Gasteiger partial charge < -0.3 is 10.1 Å². The molecule has 0 radical (unpaired) electrons. The van der Waals surface area contributed by atoms with E-state index in [2.05, 4.69) is 31.8 Å². The largest absolute Gasteiger partial charge is 0.496 e. The summed E-state index contributed by atoms with van der Waals surface area (Å²) in [6, 6.07) is 10.6. The van der Waals surface area contributed by atoms with Gasteiger partial charge in [0.1, 0.15) is 5.75 Å². The fourth-order valence-electron chi connectivity index (χ4n) is 2.24. The molecule has 2 aromatic rings. The third-order valence-corrected chi connectivity index (χ3v) is 4.35. The Morgan fingerprint density at radius 3 is 2.63 bits per heavy atom. The number of rotatable bonds is 7. The minimum Gasteiger partial charge on any atom is -0.496 e. The zero-order chi connectivity index (χ0) is 19.8. The van der Waals surface area contributed by atoms with Gasteiger partial charge in [0.25, 0.3) is 0 Å². The summed E-state index contributed by atoms with van der Waals surface area (Å²) in [7, 11) is 1.56. The average molecular weight is 453 g/mol. The highest BCUT2D eigenvalue weighted by Gasteiger charge is 2.08. The quantitative estimate of drug-likeness (QED) is 0.486. The Morgan fingerprint density at radius 1 is 1.19 bits per heavy atom. The van der Waals surface area contributed by atoms with Crippen LogP contribution in [0, 0.1) is 6.92 Å². The lowest BCUT2D eigenvalue weighted by Crippen LogP contribution is -2.20. The lowest BCUT2D eigenvalue weighted by molar-refractivity contribution is -0.124. The number of anilines is 1. The second-order valence-corrected chi connectivity index (χ2v) is 7.04. The first-order valence-corrected chi connectivity index (χ1v) is 9.27. The Labute approximate surface area is 171 Å². The van der Waals surface area contributed by atoms with E-state index in [0.29, 0.717) is 22.0 Å². The van der Waals surface area contributed by atoms with Crippen molar-refractivity contribution in [1.82, 2.24) is 5.43 Å². The molecule has 2 amide bonds. The Morgan fingerprint density at radius 2 is 1.93 bits per heavy atom. The first-order valence-electron chi connectivity index (χ1n) is 8.10. The number of hydrogen-bond acceptors (Lipinski definition) is 4. The lowest BCUT2D eigenvalue weighted by Gasteiger charge is -2.08. The van der Waals surface area contributed by atoms with E-state index in [0.717, 1.165) is 10.0 Å². The molecule has 6 nitrogen and oxygen atoms in total. The molecule has 0 atom stereocenters. The maximum atomic E-state index is 12.0. The summed E-state index contributed by atoms with van der Waals surface area (Å²) in [5.41, 5.74) is 4.64. The molecule has 2 rings (SSSR count). The molecule has 0 saturated carbocycles. The van der Waals surface area contributed by atoms with Crippen LogP contribution < -0.4 is 15.5 Å². The minimum absolute atomic E-state index is 0.0193. The normalized spacial score (nSPS) is 10.7. The first-order chi connectivity index (χ1) is 12.9. The van der Waals surface area contributed by atoms with Gasteiger partial charge in [0.2, 0.25) is 11.8 Å². The predicted molar refractivity (Wildman–Crippen MR) is 110 cm³/mol. The van der Waals surface area contributed by atoms with Crippen LogP contribution in [0.1, 0.15) is 24.0 Å². The van der Waals surface area contributed by atoms with Gasteiger partial charge in [-0.1, -0.05) is 27.5 Å². The number of halogens is 2. The number of methoxy groups -OCH3 is 1. The monoisotopic (exact) mass is 451 g/mol. The van der Waals surface area contributed by atoms with Gasteiger partial charge in [-0.05, 0) is 48.9 Å². The third-order valence-electron chi connectivity index (χ3n) is 3.63. The second-order valence-electron chi connectivity index (χ2n) is 5.69. The van der Waals surface area contributed by atoms with Crippen molar-refractivity contribution in [3.8, 4) is 5.75 Å². The van der Waals surface area contributed by atoms with E-state index < -0.39 is 0 Å². The number of aryl methyl sites for hydroxylation is 1. The molecule has 0 fully saturated rings. The van der Waals surface area contributed by atoms with Crippen molar-refractivity contribution in [2.75, 3.05) is 12.4 Å². The van der Waals surface area contributed by atoms with Gasteiger partial charge in [-0.15, -0.1) is 0 Å². The summed E-state index contributed by atoms with van der Waals surface area (Å²) in [6.07, 6.45) is 1.55. The van der Waals surface area contributed by atoms with Crippen molar-refractivity contribution in [2.45, 2.75) is 19.8 Å². The summed E-state index contributed by atoms with van der Waals surface area (Å²) in [6.45, 7) is 1.85. The Balaban J connectivity index is 1.82. The van der Waals surface area contributed by atoms with Crippen LogP contribution >= 0.6 is 27.5 Å². The number of amides is 2. The second kappa shape index (κ2) is 10.1. The summed E-state index contributed by atoms with van der Waals surface area (Å²) in [4.78, 5) is 23.8. The van der Waals surface area contributed by atoms with Crippen molar-refractivity contribution in [3.63, 3.8) is 0 Å². The Bertz CT molecular complexity index is 871. The van der Waals surface area contributed by atoms with Crippen LogP contribution in [-0.2, 0) is 9.59 Å². The number of carbonyl (C=O) groups excluding carboxylic acids is 2. The van der Waals surface area contributed by atoms with Crippen molar-refractivity contribution >= 4 is 51.2 Å². The van der Waals surface area contributed by atoms with Crippen LogP contribution in [0.4, 0.5) is 5.69 Å². The molecule has 0 saturated heterocycles. The van der Waals surface area contributed by atoms with Crippen molar-refractivity contribution in [1.29, 1.82) is 0 Å². The number of nitrogens with zero attached hydrogens (tertiary/aromatic N) is 1. The summed E-state index contributed by atoms with van der Waals surface area (Å²) in [5.74, 6) is 0.0188. The van der Waals surface area contributed by atoms with Gasteiger partial charge >= 0.3 is 0 Å². The molecular weight excluding hydrogens is 434 g/mol. The van der Waals surface area contributed by atoms with Crippen LogP contribution in [-0.4, -0.2) is 25.1 Å². The van der Waals surface area contributed by atoms with Crippen LogP contribution in [0.15, 0.2) is 46.0 Å². The van der Waals surface area contributed by atoms with E-state index >= 15 is 0 Å². The van der Waals surface area contributed by atoms with E-state index in [1.165, 1.54) is 6.21 Å². The molecule has 2 N–H and O–H groups in total. The molecule has 0 aromatic heterocycles. The zero-order valence-corrected chi connectivity index (χ0v) is 17.2. The molecule has 0 unspecified atom stereocenters. The van der Waals surface area contributed by atoms with E-state index in [1.54, 1.807) is 31.4 Å². The Hall–Kier alpha value is -2.38. The standard InChI is InChI=1S/C19H19BrClN3O3/c1-12-9-15(21)4-5-16(12)23-18(25)7-8-19(26)24-22-11-13-10-14(20)3-6-17(13)27-2/h3-6,9-11H,7-8H2,1-2H3,(H,23,25)(H,24,26)/b22-11+. The van der Waals surface area contributed by atoms with Crippen LogP contribution in [0.25, 0.3) is 0 Å². The van der Waals surface area contributed by atoms with Crippen molar-refractivity contribution in [2.24, 2.45) is 5.10 Å². The van der Waals surface area contributed by atoms with Gasteiger partial charge in [0.15, 0.2) is 0 Å². The highest BCUT2D eigenvalue weighted by atomic mass is 79.9. The third kappa shape index (κ3) is 6.69. The van der Waals surface area contributed by atoms with Crippen LogP contribution in [0.2, 0.25) is 5.02 Å². The first kappa shape index (κ1) is 20.9. The summed E-state index contributed by atoms with van der Waals surface area (Å²) >= 11 is 9.25. The fourth-order valence-corrected chi connectivity index (χ4v) is 2.85. The van der Waals surface area contributed by atoms with Crippen LogP contribution in [0.3, 0.4) is 0 Å². The maximum Gasteiger partial charge on any atom is 0.240 e. The highest BCUT2D eigenvalue weighted by molar-refractivity contribution is 9.10. The predicted octanol–water partition coefficient (Wildman–Crippen LogP) is 4.29. The maximum absolute atomic E-state index is 12.0. The molecule has 8 heteroatoms. The average Bonchev–Trinajstić information content (AvgIpc) is 2.62. The topological polar surface area (TPSA) is 79.8 Å². The van der Waals surface area contributed by atoms with Gasteiger partial charge in [-0.2, -0.15) is 5.10 Å². The van der Waals surface area contributed by atoms with Gasteiger partial charge in [-0.3, -0.25) is 9.59 Å². The van der Waals surface area contributed by atoms with Gasteiger partial charge in [0.05, 0.1) is 13.3 Å². The molecule has 0 spiro atoms. The number of nitrogens with one attached hydrogen (secondary N) is 2. The van der Waals surface area contributed by atoms with E-state index in [9.17, 15) is 9.59 Å². The Kier molecular flexibility index (Phi) is 7.82.